The van der Waals surface area contributed by atoms with E-state index in [1.807, 2.05) is 13.8 Å². The van der Waals surface area contributed by atoms with Gasteiger partial charge in [-0.3, -0.25) is 4.79 Å². The molecule has 1 amide bonds. The summed E-state index contributed by atoms with van der Waals surface area (Å²) in [6, 6.07) is 0. The second kappa shape index (κ2) is 6.86. The molecule has 0 aromatic carbocycles. The fraction of sp³-hybridized carbons (Fsp3) is 0.917. The molecule has 0 aromatic heterocycles. The number of aliphatic hydroxyl groups excluding tert-OH is 1. The van der Waals surface area contributed by atoms with Gasteiger partial charge in [-0.05, 0) is 25.3 Å². The van der Waals surface area contributed by atoms with Crippen LogP contribution in [0.4, 0.5) is 0 Å². The first kappa shape index (κ1) is 13.5. The number of nitrogens with one attached hydrogen (secondary N) is 2. The van der Waals surface area contributed by atoms with Gasteiger partial charge in [0.2, 0.25) is 5.91 Å². The van der Waals surface area contributed by atoms with Crippen molar-refractivity contribution in [1.29, 1.82) is 0 Å². The highest BCUT2D eigenvalue weighted by Crippen LogP contribution is 2.10. The minimum atomic E-state index is -0.425. The van der Waals surface area contributed by atoms with Crippen molar-refractivity contribution in [2.75, 3.05) is 19.6 Å². The van der Waals surface area contributed by atoms with Crippen molar-refractivity contribution >= 4 is 5.91 Å². The number of rotatable bonds is 5. The second-order valence-corrected chi connectivity index (χ2v) is 4.74. The Balaban J connectivity index is 2.23. The largest absolute Gasteiger partial charge is 0.391 e. The summed E-state index contributed by atoms with van der Waals surface area (Å²) in [5.41, 5.74) is 0. The van der Waals surface area contributed by atoms with Gasteiger partial charge >= 0.3 is 0 Å². The maximum atomic E-state index is 11.8. The van der Waals surface area contributed by atoms with E-state index < -0.39 is 6.10 Å². The molecule has 16 heavy (non-hydrogen) atoms. The van der Waals surface area contributed by atoms with Gasteiger partial charge in [-0.25, -0.2) is 0 Å². The molecule has 4 nitrogen and oxygen atoms in total. The predicted molar refractivity (Wildman–Crippen MR) is 64.1 cm³/mol. The highest BCUT2D eigenvalue weighted by atomic mass is 16.3. The highest BCUT2D eigenvalue weighted by Gasteiger charge is 2.21. The van der Waals surface area contributed by atoms with Crippen molar-refractivity contribution in [3.63, 3.8) is 0 Å². The molecule has 1 saturated heterocycles. The molecular formula is C12H24N2O2. The van der Waals surface area contributed by atoms with Crippen LogP contribution in [0.2, 0.25) is 0 Å². The monoisotopic (exact) mass is 228 g/mol. The maximum Gasteiger partial charge on any atom is 0.224 e. The van der Waals surface area contributed by atoms with E-state index in [0.717, 1.165) is 32.4 Å². The molecule has 1 heterocycles. The lowest BCUT2D eigenvalue weighted by molar-refractivity contribution is -0.126. The van der Waals surface area contributed by atoms with Crippen LogP contribution >= 0.6 is 0 Å². The van der Waals surface area contributed by atoms with Gasteiger partial charge in [0.1, 0.15) is 0 Å². The van der Waals surface area contributed by atoms with Crippen LogP contribution in [0.25, 0.3) is 0 Å². The van der Waals surface area contributed by atoms with Crippen molar-refractivity contribution in [3.05, 3.63) is 0 Å². The molecule has 0 aromatic rings. The fourth-order valence-corrected chi connectivity index (χ4v) is 1.90. The first-order valence-electron chi connectivity index (χ1n) is 6.31. The van der Waals surface area contributed by atoms with Gasteiger partial charge < -0.3 is 15.7 Å². The van der Waals surface area contributed by atoms with Crippen LogP contribution < -0.4 is 10.6 Å². The van der Waals surface area contributed by atoms with Gasteiger partial charge in [-0.15, -0.1) is 0 Å². The van der Waals surface area contributed by atoms with Crippen LogP contribution in [-0.2, 0) is 4.79 Å². The number of amides is 1. The lowest BCUT2D eigenvalue weighted by Crippen LogP contribution is -2.43. The van der Waals surface area contributed by atoms with E-state index >= 15 is 0 Å². The molecule has 0 radical (unpaired) electrons. The summed E-state index contributed by atoms with van der Waals surface area (Å²) in [7, 11) is 0. The van der Waals surface area contributed by atoms with Crippen molar-refractivity contribution in [1.82, 2.24) is 10.6 Å². The molecule has 0 spiro atoms. The third-order valence-electron chi connectivity index (χ3n) is 3.45. The third-order valence-corrected chi connectivity index (χ3v) is 3.45. The molecule has 3 atom stereocenters. The smallest absolute Gasteiger partial charge is 0.224 e. The van der Waals surface area contributed by atoms with Crippen LogP contribution in [0.1, 0.15) is 33.1 Å². The van der Waals surface area contributed by atoms with Gasteiger partial charge in [-0.2, -0.15) is 0 Å². The van der Waals surface area contributed by atoms with Crippen LogP contribution in [0.5, 0.6) is 0 Å². The fourth-order valence-electron chi connectivity index (χ4n) is 1.90. The van der Waals surface area contributed by atoms with E-state index in [2.05, 4.69) is 10.6 Å². The summed E-state index contributed by atoms with van der Waals surface area (Å²) in [6.07, 6.45) is 2.53. The van der Waals surface area contributed by atoms with Gasteiger partial charge in [0.05, 0.1) is 12.0 Å². The average molecular weight is 228 g/mol. The summed E-state index contributed by atoms with van der Waals surface area (Å²) >= 11 is 0. The summed E-state index contributed by atoms with van der Waals surface area (Å²) < 4.78 is 0. The van der Waals surface area contributed by atoms with Gasteiger partial charge in [0, 0.05) is 13.1 Å². The first-order chi connectivity index (χ1) is 7.65. The van der Waals surface area contributed by atoms with E-state index in [1.54, 1.807) is 0 Å². The first-order valence-corrected chi connectivity index (χ1v) is 6.31. The Morgan fingerprint density at radius 3 is 2.94 bits per heavy atom. The maximum absolute atomic E-state index is 11.8. The third kappa shape index (κ3) is 4.10. The van der Waals surface area contributed by atoms with E-state index in [1.165, 1.54) is 0 Å². The van der Waals surface area contributed by atoms with E-state index in [-0.39, 0.29) is 17.7 Å². The van der Waals surface area contributed by atoms with Crippen LogP contribution in [0.15, 0.2) is 0 Å². The molecule has 1 fully saturated rings. The molecule has 3 unspecified atom stereocenters. The Kier molecular flexibility index (Phi) is 5.77. The number of carbonyl (C=O) groups is 1. The molecule has 94 valence electrons. The number of carbonyl (C=O) groups excluding carboxylic acids is 1. The molecule has 1 aliphatic heterocycles. The zero-order valence-corrected chi connectivity index (χ0v) is 10.3. The number of hydrogen-bond acceptors (Lipinski definition) is 3. The Labute approximate surface area is 97.8 Å². The lowest BCUT2D eigenvalue weighted by Gasteiger charge is -2.23. The number of hydrogen-bond donors (Lipinski definition) is 3. The molecule has 0 saturated carbocycles. The molecule has 0 aliphatic carbocycles. The van der Waals surface area contributed by atoms with Crippen LogP contribution in [0, 0.1) is 11.8 Å². The van der Waals surface area contributed by atoms with E-state index in [9.17, 15) is 9.90 Å². The Bertz CT molecular complexity index is 215. The topological polar surface area (TPSA) is 61.4 Å². The molecule has 1 aliphatic rings. The van der Waals surface area contributed by atoms with Crippen molar-refractivity contribution in [3.8, 4) is 0 Å². The molecule has 4 heteroatoms. The van der Waals surface area contributed by atoms with Crippen molar-refractivity contribution in [2.45, 2.75) is 39.2 Å². The Morgan fingerprint density at radius 2 is 2.38 bits per heavy atom. The normalized spacial score (nSPS) is 24.8. The highest BCUT2D eigenvalue weighted by molar-refractivity contribution is 5.78. The SMILES string of the molecule is CCC(C)C(O)CNC(=O)C1CCCNC1. The second-order valence-electron chi connectivity index (χ2n) is 4.74. The number of piperidine rings is 1. The van der Waals surface area contributed by atoms with Gasteiger partial charge in [-0.1, -0.05) is 20.3 Å². The summed E-state index contributed by atoms with van der Waals surface area (Å²) in [4.78, 5) is 11.8. The van der Waals surface area contributed by atoms with E-state index in [0.29, 0.717) is 6.54 Å². The summed E-state index contributed by atoms with van der Waals surface area (Å²) in [6.45, 7) is 6.20. The molecule has 0 bridgehead atoms. The number of aliphatic hydroxyl groups is 1. The van der Waals surface area contributed by atoms with Gasteiger partial charge in [0.25, 0.3) is 0 Å². The minimum Gasteiger partial charge on any atom is -0.391 e. The van der Waals surface area contributed by atoms with Crippen LogP contribution in [0.3, 0.4) is 0 Å². The quantitative estimate of drug-likeness (QED) is 0.642. The minimum absolute atomic E-state index is 0.0783. The Morgan fingerprint density at radius 1 is 1.62 bits per heavy atom. The van der Waals surface area contributed by atoms with Crippen LogP contribution in [-0.4, -0.2) is 36.8 Å². The molecular weight excluding hydrogens is 204 g/mol. The molecule has 3 N–H and O–H groups in total. The summed E-state index contributed by atoms with van der Waals surface area (Å²) in [5.74, 6) is 0.400. The summed E-state index contributed by atoms with van der Waals surface area (Å²) in [5, 5.41) is 15.8. The lowest BCUT2D eigenvalue weighted by atomic mass is 9.98. The average Bonchev–Trinajstić information content (AvgIpc) is 2.35. The predicted octanol–water partition coefficient (Wildman–Crippen LogP) is 0.509. The Hall–Kier alpha value is -0.610. The van der Waals surface area contributed by atoms with Crippen molar-refractivity contribution < 1.29 is 9.90 Å². The zero-order valence-electron chi connectivity index (χ0n) is 10.3. The molecule has 1 rings (SSSR count). The van der Waals surface area contributed by atoms with E-state index in [4.69, 9.17) is 0 Å². The van der Waals surface area contributed by atoms with Crippen molar-refractivity contribution in [2.24, 2.45) is 11.8 Å². The van der Waals surface area contributed by atoms with Gasteiger partial charge in [0.15, 0.2) is 0 Å². The zero-order chi connectivity index (χ0) is 12.0. The standard InChI is InChI=1S/C12H24N2O2/c1-3-9(2)11(15)8-14-12(16)10-5-4-6-13-7-10/h9-11,13,15H,3-8H2,1-2H3,(H,14,16).